The quantitative estimate of drug-likeness (QED) is 0.115. The average Bonchev–Trinajstić information content (AvgIpc) is 3.26. The first kappa shape index (κ1) is 41.8. The average molecular weight is 699 g/mol. The minimum atomic E-state index is -0.499. The zero-order valence-corrected chi connectivity index (χ0v) is 32.2. The van der Waals surface area contributed by atoms with Gasteiger partial charge in [0, 0.05) is 31.9 Å². The van der Waals surface area contributed by atoms with E-state index in [1.165, 1.54) is 0 Å². The fraction of sp³-hybridized carbons (Fsp3) is 0.615. The molecule has 49 heavy (non-hydrogen) atoms. The summed E-state index contributed by atoms with van der Waals surface area (Å²) in [5.74, 6) is -0.0867. The molecule has 1 aliphatic heterocycles. The van der Waals surface area contributed by atoms with Gasteiger partial charge in [0.05, 0.1) is 23.7 Å². The van der Waals surface area contributed by atoms with Gasteiger partial charge in [-0.25, -0.2) is 4.79 Å². The summed E-state index contributed by atoms with van der Waals surface area (Å²) in [6.07, 6.45) is 7.74. The molecule has 274 valence electrons. The number of quaternary nitrogens is 1. The maximum Gasteiger partial charge on any atom is 0.410 e. The smallest absolute Gasteiger partial charge is 0.410 e. The number of hydrogen-bond acceptors (Lipinski definition) is 6. The van der Waals surface area contributed by atoms with E-state index < -0.39 is 5.60 Å². The number of carbonyl (C=O) groups is 3. The molecule has 0 saturated carbocycles. The molecule has 0 spiro atoms. The van der Waals surface area contributed by atoms with Crippen LogP contribution in [0.4, 0.5) is 10.5 Å². The van der Waals surface area contributed by atoms with Crippen LogP contribution in [0, 0.1) is 6.92 Å². The predicted octanol–water partition coefficient (Wildman–Crippen LogP) is 8.11. The van der Waals surface area contributed by atoms with Gasteiger partial charge in [-0.15, -0.1) is 11.3 Å². The summed E-state index contributed by atoms with van der Waals surface area (Å²) < 4.78 is 6.04. The van der Waals surface area contributed by atoms with Crippen LogP contribution in [0.2, 0.25) is 0 Å². The number of hydrogen-bond donors (Lipinski definition) is 3. The number of nitrogens with one attached hydrogen (secondary N) is 3. The van der Waals surface area contributed by atoms with E-state index in [-0.39, 0.29) is 24.5 Å². The number of carbonyl (C=O) groups excluding carboxylic acids is 3. The second kappa shape index (κ2) is 21.7. The van der Waals surface area contributed by atoms with E-state index in [1.54, 1.807) is 16.2 Å². The number of nitrogens with zero attached hydrogens (tertiary/aromatic N) is 2. The molecule has 1 aromatic carbocycles. The second-order valence-corrected chi connectivity index (χ2v) is 14.8. The van der Waals surface area contributed by atoms with E-state index in [1.807, 2.05) is 77.3 Å². The highest BCUT2D eigenvalue weighted by atomic mass is 32.1. The van der Waals surface area contributed by atoms with Crippen LogP contribution >= 0.6 is 11.3 Å². The number of anilines is 1. The van der Waals surface area contributed by atoms with Crippen molar-refractivity contribution in [2.24, 2.45) is 0 Å². The summed E-state index contributed by atoms with van der Waals surface area (Å²) in [5, 5.41) is 11.8. The van der Waals surface area contributed by atoms with Gasteiger partial charge in [-0.2, -0.15) is 0 Å². The molecular weight excluding hydrogens is 635 g/mol. The van der Waals surface area contributed by atoms with E-state index >= 15 is 0 Å². The van der Waals surface area contributed by atoms with Crippen molar-refractivity contribution >= 4 is 40.6 Å². The molecule has 0 unspecified atom stereocenters. The van der Waals surface area contributed by atoms with Crippen molar-refractivity contribution in [2.45, 2.75) is 112 Å². The number of amides is 3. The van der Waals surface area contributed by atoms with Crippen LogP contribution in [0.5, 0.6) is 0 Å². The first-order chi connectivity index (χ1) is 23.4. The van der Waals surface area contributed by atoms with Crippen molar-refractivity contribution in [1.82, 2.24) is 15.5 Å². The summed E-state index contributed by atoms with van der Waals surface area (Å²) in [6.45, 7) is 22.9. The molecule has 3 rings (SSSR count). The Bertz CT molecular complexity index is 1300. The van der Waals surface area contributed by atoms with Crippen LogP contribution in [0.15, 0.2) is 42.3 Å². The Balaban J connectivity index is 0.00000409. The van der Waals surface area contributed by atoms with Crippen LogP contribution in [-0.2, 0) is 20.9 Å². The lowest BCUT2D eigenvalue weighted by Gasteiger charge is -2.36. The van der Waals surface area contributed by atoms with Gasteiger partial charge in [-0.05, 0) is 95.6 Å². The van der Waals surface area contributed by atoms with Crippen molar-refractivity contribution in [3.63, 3.8) is 0 Å². The molecule has 1 aromatic heterocycles. The van der Waals surface area contributed by atoms with E-state index in [9.17, 15) is 14.4 Å². The first-order valence-corrected chi connectivity index (χ1v) is 19.2. The summed E-state index contributed by atoms with van der Waals surface area (Å²) in [7, 11) is 0. The number of rotatable bonds is 17. The standard InChI is InChI=1S/C37H57N5O4S.C2H6/c1-7-21-41(36(45)46-37(4,5)6)22-15-11-14-20-38-30(3)35-34(29(2)28-47-35)40-33(44)27-42(23-16-8-9-17-24-42)26-32(43)39-25-31-18-12-10-13-19-31;1-2/h10,12-13,18-19,28,38H,3,7-9,11,14-17,20-27H2,1-2,4-6H3,(H-,39,40,43,44);1-2H3/p+1. The Hall–Kier alpha value is -3.37. The van der Waals surface area contributed by atoms with E-state index in [4.69, 9.17) is 4.74 Å². The Morgan fingerprint density at radius 3 is 2.20 bits per heavy atom. The van der Waals surface area contributed by atoms with Gasteiger partial charge in [-0.3, -0.25) is 9.59 Å². The molecule has 0 bridgehead atoms. The van der Waals surface area contributed by atoms with Crippen LogP contribution < -0.4 is 16.0 Å². The Morgan fingerprint density at radius 2 is 1.57 bits per heavy atom. The first-order valence-electron chi connectivity index (χ1n) is 18.4. The third-order valence-electron chi connectivity index (χ3n) is 8.41. The highest BCUT2D eigenvalue weighted by Gasteiger charge is 2.34. The lowest BCUT2D eigenvalue weighted by Crippen LogP contribution is -2.57. The molecule has 3 N–H and O–H groups in total. The SMILES string of the molecule is C=C(NCCCCCN(CCC)C(=O)OC(C)(C)C)c1scc(C)c1NC(=O)C[N+]1(CC(=O)NCc2ccccc2)CCCCCC1.CC. The minimum absolute atomic E-state index is 0.0172. The summed E-state index contributed by atoms with van der Waals surface area (Å²) in [4.78, 5) is 42.0. The van der Waals surface area contributed by atoms with Crippen molar-refractivity contribution < 1.29 is 23.6 Å². The Labute approximate surface area is 300 Å². The highest BCUT2D eigenvalue weighted by molar-refractivity contribution is 7.11. The Kier molecular flexibility index (Phi) is 18.5. The number of likely N-dealkylation sites (tertiary alicyclic amines) is 1. The van der Waals surface area contributed by atoms with Crippen LogP contribution in [0.3, 0.4) is 0 Å². The molecule has 9 nitrogen and oxygen atoms in total. The zero-order chi connectivity index (χ0) is 36.3. The fourth-order valence-corrected chi connectivity index (χ4v) is 6.97. The predicted molar refractivity (Wildman–Crippen MR) is 205 cm³/mol. The molecule has 0 radical (unpaired) electrons. The van der Waals surface area contributed by atoms with E-state index in [0.29, 0.717) is 30.7 Å². The van der Waals surface area contributed by atoms with Gasteiger partial charge < -0.3 is 30.1 Å². The van der Waals surface area contributed by atoms with Crippen molar-refractivity contribution in [2.75, 3.05) is 51.1 Å². The summed E-state index contributed by atoms with van der Waals surface area (Å²) in [6, 6.07) is 9.91. The molecule has 3 amide bonds. The van der Waals surface area contributed by atoms with Gasteiger partial charge >= 0.3 is 6.09 Å². The molecule has 1 aliphatic rings. The maximum absolute atomic E-state index is 13.6. The molecule has 0 atom stereocenters. The lowest BCUT2D eigenvalue weighted by atomic mass is 10.2. The number of unbranched alkanes of at least 4 members (excludes halogenated alkanes) is 2. The normalized spacial score (nSPS) is 14.0. The number of thiophene rings is 1. The van der Waals surface area contributed by atoms with Gasteiger partial charge in [-0.1, -0.05) is 57.7 Å². The van der Waals surface area contributed by atoms with Crippen molar-refractivity contribution in [3.05, 3.63) is 58.3 Å². The molecule has 2 heterocycles. The monoisotopic (exact) mass is 698 g/mol. The van der Waals surface area contributed by atoms with Crippen molar-refractivity contribution in [1.29, 1.82) is 0 Å². The van der Waals surface area contributed by atoms with Gasteiger partial charge in [0.1, 0.15) is 5.60 Å². The number of ether oxygens (including phenoxy) is 1. The highest BCUT2D eigenvalue weighted by Crippen LogP contribution is 2.32. The molecule has 0 aliphatic carbocycles. The van der Waals surface area contributed by atoms with Gasteiger partial charge in [0.25, 0.3) is 11.8 Å². The third kappa shape index (κ3) is 15.4. The molecular formula is C39H64N5O4S+. The topological polar surface area (TPSA) is 99.8 Å². The largest absolute Gasteiger partial charge is 0.444 e. The molecule has 2 aromatic rings. The fourth-order valence-electron chi connectivity index (χ4n) is 6.01. The minimum Gasteiger partial charge on any atom is -0.444 e. The Morgan fingerprint density at radius 1 is 0.918 bits per heavy atom. The maximum atomic E-state index is 13.6. The molecule has 1 fully saturated rings. The van der Waals surface area contributed by atoms with Gasteiger partial charge in [0.15, 0.2) is 13.1 Å². The lowest BCUT2D eigenvalue weighted by molar-refractivity contribution is -0.912. The number of benzene rings is 1. The second-order valence-electron chi connectivity index (χ2n) is 13.9. The van der Waals surface area contributed by atoms with E-state index in [0.717, 1.165) is 98.4 Å². The van der Waals surface area contributed by atoms with Gasteiger partial charge in [0.2, 0.25) is 0 Å². The molecule has 10 heteroatoms. The van der Waals surface area contributed by atoms with Crippen LogP contribution in [0.1, 0.15) is 109 Å². The van der Waals surface area contributed by atoms with Crippen molar-refractivity contribution in [3.8, 4) is 0 Å². The number of aryl methyl sites for hydroxylation is 1. The zero-order valence-electron chi connectivity index (χ0n) is 31.4. The van der Waals surface area contributed by atoms with Crippen LogP contribution in [0.25, 0.3) is 5.70 Å². The third-order valence-corrected chi connectivity index (χ3v) is 9.56. The molecule has 1 saturated heterocycles. The van der Waals surface area contributed by atoms with E-state index in [2.05, 4.69) is 29.5 Å². The summed E-state index contributed by atoms with van der Waals surface area (Å²) >= 11 is 1.57. The summed E-state index contributed by atoms with van der Waals surface area (Å²) in [5.41, 5.74) is 3.15. The van der Waals surface area contributed by atoms with Crippen LogP contribution in [-0.4, -0.2) is 78.7 Å².